The van der Waals surface area contributed by atoms with Crippen molar-refractivity contribution in [2.24, 2.45) is 0 Å². The predicted molar refractivity (Wildman–Crippen MR) is 97.0 cm³/mol. The van der Waals surface area contributed by atoms with E-state index in [1.165, 1.54) is 24.6 Å². The second kappa shape index (κ2) is 6.52. The van der Waals surface area contributed by atoms with Crippen LogP contribution in [0.25, 0.3) is 11.5 Å². The second-order valence-electron chi connectivity index (χ2n) is 6.34. The van der Waals surface area contributed by atoms with E-state index in [2.05, 4.69) is 21.7 Å². The van der Waals surface area contributed by atoms with Gasteiger partial charge in [-0.3, -0.25) is 4.79 Å². The molecule has 0 N–H and O–H groups in total. The Labute approximate surface area is 150 Å². The van der Waals surface area contributed by atoms with Gasteiger partial charge in [-0.05, 0) is 44.9 Å². The van der Waals surface area contributed by atoms with Crippen molar-refractivity contribution in [3.05, 3.63) is 53.3 Å². The summed E-state index contributed by atoms with van der Waals surface area (Å²) in [5, 5.41) is 8.50. The van der Waals surface area contributed by atoms with Crippen LogP contribution in [0.15, 0.2) is 46.0 Å². The summed E-state index contributed by atoms with van der Waals surface area (Å²) in [5.74, 6) is 0.873. The first-order valence-corrected chi connectivity index (χ1v) is 9.35. The summed E-state index contributed by atoms with van der Waals surface area (Å²) in [7, 11) is 0. The average molecular weight is 353 g/mol. The molecule has 0 spiro atoms. The van der Waals surface area contributed by atoms with Crippen LogP contribution in [0.1, 0.15) is 40.6 Å². The number of benzene rings is 1. The number of aromatic nitrogens is 3. The van der Waals surface area contributed by atoms with Gasteiger partial charge in [0, 0.05) is 28.6 Å². The summed E-state index contributed by atoms with van der Waals surface area (Å²) in [6, 6.07) is 12.2. The molecule has 25 heavy (non-hydrogen) atoms. The Kier molecular flexibility index (Phi) is 4.21. The molecule has 0 bridgehead atoms. The minimum Gasteiger partial charge on any atom is -0.411 e. The molecular weight excluding hydrogens is 334 g/mol. The molecule has 1 aliphatic rings. The Morgan fingerprint density at radius 1 is 1.24 bits per heavy atom. The molecule has 4 rings (SSSR count). The van der Waals surface area contributed by atoms with Crippen molar-refractivity contribution >= 4 is 17.5 Å². The van der Waals surface area contributed by atoms with Gasteiger partial charge in [0.1, 0.15) is 0 Å². The summed E-state index contributed by atoms with van der Waals surface area (Å²) in [5.41, 5.74) is 3.92. The van der Waals surface area contributed by atoms with Gasteiger partial charge in [-0.25, -0.2) is 0 Å². The highest BCUT2D eigenvalue weighted by atomic mass is 32.2. The van der Waals surface area contributed by atoms with Gasteiger partial charge < -0.3 is 8.98 Å². The topological polar surface area (TPSA) is 60.9 Å². The number of nitrogens with zero attached hydrogens (tertiary/aromatic N) is 3. The molecule has 5 nitrogen and oxygen atoms in total. The number of rotatable bonds is 6. The van der Waals surface area contributed by atoms with E-state index >= 15 is 0 Å². The van der Waals surface area contributed by atoms with Crippen molar-refractivity contribution in [3.8, 4) is 11.5 Å². The third-order valence-electron chi connectivity index (χ3n) is 4.45. The first-order valence-electron chi connectivity index (χ1n) is 8.37. The highest BCUT2D eigenvalue weighted by molar-refractivity contribution is 7.99. The van der Waals surface area contributed by atoms with E-state index in [9.17, 15) is 4.79 Å². The number of carbonyl (C=O) groups excluding carboxylic acids is 1. The lowest BCUT2D eigenvalue weighted by Gasteiger charge is -2.07. The minimum atomic E-state index is 0.101. The van der Waals surface area contributed by atoms with Gasteiger partial charge in [0.05, 0.1) is 5.75 Å². The van der Waals surface area contributed by atoms with Crippen molar-refractivity contribution in [3.63, 3.8) is 0 Å². The van der Waals surface area contributed by atoms with Crippen LogP contribution in [0.3, 0.4) is 0 Å². The Morgan fingerprint density at radius 2 is 2.00 bits per heavy atom. The van der Waals surface area contributed by atoms with Crippen LogP contribution in [0.5, 0.6) is 0 Å². The van der Waals surface area contributed by atoms with Gasteiger partial charge in [-0.1, -0.05) is 30.0 Å². The summed E-state index contributed by atoms with van der Waals surface area (Å²) < 4.78 is 7.94. The van der Waals surface area contributed by atoms with Gasteiger partial charge >= 0.3 is 0 Å². The van der Waals surface area contributed by atoms with Crippen LogP contribution in [0.4, 0.5) is 0 Å². The van der Waals surface area contributed by atoms with E-state index in [-0.39, 0.29) is 5.78 Å². The van der Waals surface area contributed by atoms with Crippen LogP contribution in [0, 0.1) is 13.8 Å². The molecule has 0 radical (unpaired) electrons. The molecule has 0 atom stereocenters. The molecule has 0 aliphatic heterocycles. The average Bonchev–Trinajstić information content (AvgIpc) is 3.25. The fourth-order valence-corrected chi connectivity index (χ4v) is 3.77. The largest absolute Gasteiger partial charge is 0.411 e. The lowest BCUT2D eigenvalue weighted by molar-refractivity contribution is 0.102. The maximum absolute atomic E-state index is 12.6. The van der Waals surface area contributed by atoms with Crippen molar-refractivity contribution < 1.29 is 9.21 Å². The number of ketones is 1. The summed E-state index contributed by atoms with van der Waals surface area (Å²) in [6.45, 7) is 4.10. The molecule has 6 heteroatoms. The van der Waals surface area contributed by atoms with E-state index in [1.807, 2.05) is 43.3 Å². The van der Waals surface area contributed by atoms with Crippen LogP contribution >= 0.6 is 11.8 Å². The van der Waals surface area contributed by atoms with E-state index < -0.39 is 0 Å². The third-order valence-corrected chi connectivity index (χ3v) is 5.27. The van der Waals surface area contributed by atoms with Crippen molar-refractivity contribution in [2.75, 3.05) is 5.75 Å². The van der Waals surface area contributed by atoms with Gasteiger partial charge in [0.25, 0.3) is 5.22 Å². The third kappa shape index (κ3) is 3.26. The highest BCUT2D eigenvalue weighted by Gasteiger charge is 2.28. The SMILES string of the molecule is Cc1cc(C(=O)CSc2nnc(-c3ccccc3)o2)c(C)n1C1CC1. The van der Waals surface area contributed by atoms with Crippen molar-refractivity contribution in [2.45, 2.75) is 38.0 Å². The van der Waals surface area contributed by atoms with Gasteiger partial charge in [0.2, 0.25) is 5.89 Å². The molecular formula is C19H19N3O2S. The zero-order valence-corrected chi connectivity index (χ0v) is 15.0. The molecule has 1 aliphatic carbocycles. The number of hydrogen-bond acceptors (Lipinski definition) is 5. The summed E-state index contributed by atoms with van der Waals surface area (Å²) >= 11 is 1.29. The van der Waals surface area contributed by atoms with E-state index in [4.69, 9.17) is 4.42 Å². The standard InChI is InChI=1S/C19H19N3O2S/c1-12-10-16(13(2)22(12)15-8-9-15)17(23)11-25-19-21-20-18(24-19)14-6-4-3-5-7-14/h3-7,10,15H,8-9,11H2,1-2H3. The summed E-state index contributed by atoms with van der Waals surface area (Å²) in [6.07, 6.45) is 2.42. The lowest BCUT2D eigenvalue weighted by Crippen LogP contribution is -2.05. The summed E-state index contributed by atoms with van der Waals surface area (Å²) in [4.78, 5) is 12.6. The predicted octanol–water partition coefficient (Wildman–Crippen LogP) is 4.46. The van der Waals surface area contributed by atoms with E-state index in [0.717, 1.165) is 22.5 Å². The second-order valence-corrected chi connectivity index (χ2v) is 7.26. The number of thioether (sulfide) groups is 1. The first-order chi connectivity index (χ1) is 12.1. The molecule has 128 valence electrons. The van der Waals surface area contributed by atoms with Crippen LogP contribution in [0.2, 0.25) is 0 Å². The molecule has 0 unspecified atom stereocenters. The quantitative estimate of drug-likeness (QED) is 0.483. The fraction of sp³-hybridized carbons (Fsp3) is 0.316. The number of aryl methyl sites for hydroxylation is 1. The Morgan fingerprint density at radius 3 is 2.72 bits per heavy atom. The van der Waals surface area contributed by atoms with Gasteiger partial charge in [-0.2, -0.15) is 0 Å². The molecule has 0 amide bonds. The van der Waals surface area contributed by atoms with Crippen molar-refractivity contribution in [1.82, 2.24) is 14.8 Å². The molecule has 1 aromatic carbocycles. The van der Waals surface area contributed by atoms with E-state index in [0.29, 0.717) is 22.9 Å². The van der Waals surface area contributed by atoms with Crippen LogP contribution in [-0.4, -0.2) is 26.3 Å². The Bertz CT molecular complexity index is 910. The molecule has 3 aromatic rings. The molecule has 2 heterocycles. The Balaban J connectivity index is 1.44. The molecule has 1 saturated carbocycles. The zero-order valence-electron chi connectivity index (χ0n) is 14.2. The molecule has 0 saturated heterocycles. The van der Waals surface area contributed by atoms with E-state index in [1.54, 1.807) is 0 Å². The number of hydrogen-bond donors (Lipinski definition) is 0. The Hall–Kier alpha value is -2.34. The van der Waals surface area contributed by atoms with Gasteiger partial charge in [-0.15, -0.1) is 10.2 Å². The maximum atomic E-state index is 12.6. The molecule has 1 fully saturated rings. The first kappa shape index (κ1) is 16.1. The van der Waals surface area contributed by atoms with Crippen molar-refractivity contribution in [1.29, 1.82) is 0 Å². The molecule has 2 aromatic heterocycles. The zero-order chi connectivity index (χ0) is 17.4. The van der Waals surface area contributed by atoms with Crippen LogP contribution < -0.4 is 0 Å². The minimum absolute atomic E-state index is 0.101. The highest BCUT2D eigenvalue weighted by Crippen LogP contribution is 2.38. The normalized spacial score (nSPS) is 14.0. The monoisotopic (exact) mass is 353 g/mol. The van der Waals surface area contributed by atoms with Gasteiger partial charge in [0.15, 0.2) is 5.78 Å². The number of carbonyl (C=O) groups is 1. The lowest BCUT2D eigenvalue weighted by atomic mass is 10.2. The smallest absolute Gasteiger partial charge is 0.277 e. The maximum Gasteiger partial charge on any atom is 0.277 e. The fourth-order valence-electron chi connectivity index (χ4n) is 3.12. The van der Waals surface area contributed by atoms with Crippen LogP contribution in [-0.2, 0) is 0 Å². The number of Topliss-reactive ketones (excluding diaryl/α,β-unsaturated/α-hetero) is 1.